The quantitative estimate of drug-likeness (QED) is 0.791. The molecule has 5 nitrogen and oxygen atoms in total. The first-order valence-corrected chi connectivity index (χ1v) is 10.5. The summed E-state index contributed by atoms with van der Waals surface area (Å²) in [5.41, 5.74) is 8.54. The van der Waals surface area contributed by atoms with E-state index in [2.05, 4.69) is 12.1 Å². The molecule has 3 rings (SSSR count). The van der Waals surface area contributed by atoms with Crippen LogP contribution in [-0.4, -0.2) is 37.1 Å². The molecule has 2 aliphatic rings. The Morgan fingerprint density at radius 1 is 1.07 bits per heavy atom. The molecule has 1 aromatic rings. The van der Waals surface area contributed by atoms with Gasteiger partial charge in [-0.05, 0) is 68.3 Å². The molecule has 0 atom stereocenters. The number of carbonyl (C=O) groups is 1. The summed E-state index contributed by atoms with van der Waals surface area (Å²) in [6, 6.07) is 4.15. The molecular weight excluding hydrogens is 340 g/mol. The van der Waals surface area contributed by atoms with Crippen molar-refractivity contribution >= 4 is 5.91 Å². The van der Waals surface area contributed by atoms with Crippen LogP contribution in [-0.2, 0) is 17.8 Å². The number of nitrogens with zero attached hydrogens (tertiary/aromatic N) is 1. The Hall–Kier alpha value is -1.75. The van der Waals surface area contributed by atoms with Crippen LogP contribution in [0.25, 0.3) is 0 Å². The fourth-order valence-electron chi connectivity index (χ4n) is 4.50. The Labute approximate surface area is 163 Å². The summed E-state index contributed by atoms with van der Waals surface area (Å²) in [5.74, 6) is 1.83. The van der Waals surface area contributed by atoms with E-state index in [-0.39, 0.29) is 11.3 Å². The second kappa shape index (κ2) is 8.96. The lowest BCUT2D eigenvalue weighted by molar-refractivity contribution is -0.135. The van der Waals surface area contributed by atoms with Crippen molar-refractivity contribution in [2.75, 3.05) is 26.3 Å². The maximum atomic E-state index is 13.0. The number of carbonyl (C=O) groups excluding carboxylic acids is 1. The van der Waals surface area contributed by atoms with Crippen molar-refractivity contribution in [1.29, 1.82) is 0 Å². The molecule has 5 heteroatoms. The van der Waals surface area contributed by atoms with Gasteiger partial charge in [-0.1, -0.05) is 19.3 Å². The number of amides is 1. The third-order valence-corrected chi connectivity index (χ3v) is 6.10. The largest absolute Gasteiger partial charge is 0.490 e. The molecular formula is C22H34N2O3. The minimum atomic E-state index is 0.0188. The number of hydrogen-bond donors (Lipinski definition) is 1. The lowest BCUT2D eigenvalue weighted by Crippen LogP contribution is -2.42. The molecule has 0 spiro atoms. The lowest BCUT2D eigenvalue weighted by atomic mass is 9.71. The molecule has 0 radical (unpaired) electrons. The molecule has 1 aliphatic carbocycles. The van der Waals surface area contributed by atoms with Gasteiger partial charge in [-0.25, -0.2) is 0 Å². The Morgan fingerprint density at radius 3 is 2.30 bits per heavy atom. The zero-order valence-corrected chi connectivity index (χ0v) is 16.9. The molecule has 2 N–H and O–H groups in total. The maximum Gasteiger partial charge on any atom is 0.223 e. The van der Waals surface area contributed by atoms with Crippen LogP contribution in [0.1, 0.15) is 63.5 Å². The highest BCUT2D eigenvalue weighted by atomic mass is 16.5. The van der Waals surface area contributed by atoms with Crippen molar-refractivity contribution in [2.45, 2.75) is 65.3 Å². The first-order chi connectivity index (χ1) is 13.1. The van der Waals surface area contributed by atoms with E-state index in [0.717, 1.165) is 37.3 Å². The number of rotatable bonds is 7. The molecule has 1 amide bonds. The van der Waals surface area contributed by atoms with Crippen LogP contribution in [0.4, 0.5) is 0 Å². The Morgan fingerprint density at radius 2 is 1.70 bits per heavy atom. The first-order valence-electron chi connectivity index (χ1n) is 10.5. The first kappa shape index (κ1) is 20.0. The third-order valence-electron chi connectivity index (χ3n) is 6.10. The molecule has 27 heavy (non-hydrogen) atoms. The Kier molecular flexibility index (Phi) is 6.64. The van der Waals surface area contributed by atoms with Gasteiger partial charge < -0.3 is 20.1 Å². The van der Waals surface area contributed by atoms with Gasteiger partial charge in [0.1, 0.15) is 0 Å². The topological polar surface area (TPSA) is 64.8 Å². The maximum absolute atomic E-state index is 13.0. The van der Waals surface area contributed by atoms with Gasteiger partial charge in [-0.2, -0.15) is 0 Å². The molecule has 1 aromatic carbocycles. The van der Waals surface area contributed by atoms with Gasteiger partial charge >= 0.3 is 0 Å². The highest BCUT2D eigenvalue weighted by Gasteiger charge is 2.35. The fourth-order valence-corrected chi connectivity index (χ4v) is 4.50. The molecule has 1 saturated carbocycles. The van der Waals surface area contributed by atoms with Gasteiger partial charge in [0.2, 0.25) is 5.91 Å². The predicted octanol–water partition coefficient (Wildman–Crippen LogP) is 3.67. The number of benzene rings is 1. The standard InChI is InChI=1S/C22H34N2O3/c1-3-26-19-12-17-8-11-24(15-18(17)13-20(19)27-4-2)21(25)14-22(16-23)9-6-5-7-10-22/h12-13H,3-11,14-16,23H2,1-2H3. The van der Waals surface area contributed by atoms with Gasteiger partial charge in [0.15, 0.2) is 11.5 Å². The zero-order chi connectivity index (χ0) is 19.3. The third kappa shape index (κ3) is 4.57. The van der Waals surface area contributed by atoms with Gasteiger partial charge in [-0.15, -0.1) is 0 Å². The number of fused-ring (bicyclic) bond motifs is 1. The molecule has 1 heterocycles. The van der Waals surface area contributed by atoms with Crippen LogP contribution >= 0.6 is 0 Å². The lowest BCUT2D eigenvalue weighted by Gasteiger charge is -2.38. The van der Waals surface area contributed by atoms with Crippen LogP contribution < -0.4 is 15.2 Å². The predicted molar refractivity (Wildman–Crippen MR) is 107 cm³/mol. The fraction of sp³-hybridized carbons (Fsp3) is 0.682. The number of ether oxygens (including phenoxy) is 2. The molecule has 0 bridgehead atoms. The van der Waals surface area contributed by atoms with Crippen molar-refractivity contribution < 1.29 is 14.3 Å². The van der Waals surface area contributed by atoms with E-state index in [0.29, 0.717) is 32.7 Å². The van der Waals surface area contributed by atoms with Crippen LogP contribution in [0.2, 0.25) is 0 Å². The van der Waals surface area contributed by atoms with Crippen LogP contribution in [0.5, 0.6) is 11.5 Å². The number of nitrogens with two attached hydrogens (primary N) is 1. The van der Waals surface area contributed by atoms with E-state index < -0.39 is 0 Å². The summed E-state index contributed by atoms with van der Waals surface area (Å²) in [6.07, 6.45) is 7.31. The average molecular weight is 375 g/mol. The highest BCUT2D eigenvalue weighted by Crippen LogP contribution is 2.39. The van der Waals surface area contributed by atoms with Crippen molar-refractivity contribution in [3.63, 3.8) is 0 Å². The van der Waals surface area contributed by atoms with E-state index in [4.69, 9.17) is 15.2 Å². The van der Waals surface area contributed by atoms with E-state index in [1.807, 2.05) is 18.7 Å². The summed E-state index contributed by atoms with van der Waals surface area (Å²) >= 11 is 0. The van der Waals surface area contributed by atoms with E-state index in [9.17, 15) is 4.79 Å². The molecule has 0 saturated heterocycles. The SMILES string of the molecule is CCOc1cc2c(cc1OCC)CN(C(=O)CC1(CN)CCCCC1)CC2. The van der Waals surface area contributed by atoms with Gasteiger partial charge in [-0.3, -0.25) is 4.79 Å². The van der Waals surface area contributed by atoms with Crippen molar-refractivity contribution in [3.05, 3.63) is 23.3 Å². The summed E-state index contributed by atoms with van der Waals surface area (Å²) in [5, 5.41) is 0. The summed E-state index contributed by atoms with van der Waals surface area (Å²) in [6.45, 7) is 7.21. The highest BCUT2D eigenvalue weighted by molar-refractivity contribution is 5.77. The second-order valence-corrected chi connectivity index (χ2v) is 7.94. The summed E-state index contributed by atoms with van der Waals surface area (Å²) in [7, 11) is 0. The molecule has 150 valence electrons. The van der Waals surface area contributed by atoms with E-state index in [1.54, 1.807) is 0 Å². The van der Waals surface area contributed by atoms with Crippen LogP contribution in [0, 0.1) is 5.41 Å². The van der Waals surface area contributed by atoms with Crippen molar-refractivity contribution in [1.82, 2.24) is 4.90 Å². The molecule has 1 aliphatic heterocycles. The van der Waals surface area contributed by atoms with Crippen LogP contribution in [0.3, 0.4) is 0 Å². The van der Waals surface area contributed by atoms with Gasteiger partial charge in [0.25, 0.3) is 0 Å². The van der Waals surface area contributed by atoms with Crippen molar-refractivity contribution in [3.8, 4) is 11.5 Å². The minimum Gasteiger partial charge on any atom is -0.490 e. The molecule has 0 unspecified atom stereocenters. The average Bonchev–Trinajstić information content (AvgIpc) is 2.69. The smallest absolute Gasteiger partial charge is 0.223 e. The number of hydrogen-bond acceptors (Lipinski definition) is 4. The minimum absolute atomic E-state index is 0.0188. The second-order valence-electron chi connectivity index (χ2n) is 7.94. The Bertz CT molecular complexity index is 653. The van der Waals surface area contributed by atoms with Crippen molar-refractivity contribution in [2.24, 2.45) is 11.1 Å². The summed E-state index contributed by atoms with van der Waals surface area (Å²) in [4.78, 5) is 15.0. The molecule has 1 fully saturated rings. The normalized spacial score (nSPS) is 18.7. The Balaban J connectivity index is 1.73. The van der Waals surface area contributed by atoms with Crippen LogP contribution in [0.15, 0.2) is 12.1 Å². The molecule has 0 aromatic heterocycles. The zero-order valence-electron chi connectivity index (χ0n) is 16.9. The van der Waals surface area contributed by atoms with Gasteiger partial charge in [0, 0.05) is 19.5 Å². The monoisotopic (exact) mass is 374 g/mol. The summed E-state index contributed by atoms with van der Waals surface area (Å²) < 4.78 is 11.5. The van der Waals surface area contributed by atoms with E-state index >= 15 is 0 Å². The van der Waals surface area contributed by atoms with E-state index in [1.165, 1.54) is 30.4 Å². The van der Waals surface area contributed by atoms with Gasteiger partial charge in [0.05, 0.1) is 13.2 Å².